The summed E-state index contributed by atoms with van der Waals surface area (Å²) >= 11 is 1.41. The van der Waals surface area contributed by atoms with Gasteiger partial charge in [-0.3, -0.25) is 9.59 Å². The number of carbonyl (C=O) groups excluding carboxylic acids is 2. The molecular formula is C17H20N4O2S. The summed E-state index contributed by atoms with van der Waals surface area (Å²) in [6.45, 7) is 2.85. The van der Waals surface area contributed by atoms with E-state index in [9.17, 15) is 9.59 Å². The molecule has 1 N–H and O–H groups in total. The zero-order valence-corrected chi connectivity index (χ0v) is 14.4. The zero-order valence-electron chi connectivity index (χ0n) is 13.6. The maximum absolute atomic E-state index is 12.3. The van der Waals surface area contributed by atoms with Crippen molar-refractivity contribution in [3.63, 3.8) is 0 Å². The molecule has 6 nitrogen and oxygen atoms in total. The number of rotatable bonds is 4. The lowest BCUT2D eigenvalue weighted by atomic mass is 9.96. The molecule has 0 bridgehead atoms. The normalized spacial score (nSPS) is 15.3. The second-order valence-electron chi connectivity index (χ2n) is 5.93. The van der Waals surface area contributed by atoms with E-state index in [2.05, 4.69) is 15.5 Å². The quantitative estimate of drug-likeness (QED) is 0.924. The fourth-order valence-corrected chi connectivity index (χ4v) is 3.59. The molecule has 1 aliphatic rings. The van der Waals surface area contributed by atoms with Gasteiger partial charge in [0.05, 0.1) is 0 Å². The van der Waals surface area contributed by atoms with Gasteiger partial charge in [-0.2, -0.15) is 0 Å². The number of nitrogens with one attached hydrogen (secondary N) is 1. The fraction of sp³-hybridized carbons (Fsp3) is 0.412. The predicted octanol–water partition coefficient (Wildman–Crippen LogP) is 2.33. The maximum Gasteiger partial charge on any atom is 0.229 e. The van der Waals surface area contributed by atoms with Crippen LogP contribution in [0.4, 0.5) is 5.13 Å². The van der Waals surface area contributed by atoms with E-state index >= 15 is 0 Å². The molecule has 1 aromatic heterocycles. The van der Waals surface area contributed by atoms with Gasteiger partial charge in [-0.25, -0.2) is 0 Å². The van der Waals surface area contributed by atoms with E-state index < -0.39 is 0 Å². The average molecular weight is 344 g/mol. The Balaban J connectivity index is 1.53. The highest BCUT2D eigenvalue weighted by Crippen LogP contribution is 2.22. The molecule has 126 valence electrons. The van der Waals surface area contributed by atoms with Crippen LogP contribution in [-0.4, -0.2) is 40.0 Å². The lowest BCUT2D eigenvalue weighted by Gasteiger charge is -2.30. The number of amides is 2. The number of anilines is 1. The number of benzene rings is 1. The summed E-state index contributed by atoms with van der Waals surface area (Å²) in [6.07, 6.45) is 2.10. The molecule has 0 radical (unpaired) electrons. The van der Waals surface area contributed by atoms with Gasteiger partial charge in [-0.05, 0) is 18.4 Å². The zero-order chi connectivity index (χ0) is 16.9. The van der Waals surface area contributed by atoms with Crippen molar-refractivity contribution in [2.75, 3.05) is 18.4 Å². The second-order valence-corrected chi connectivity index (χ2v) is 6.99. The summed E-state index contributed by atoms with van der Waals surface area (Å²) in [5.74, 6) is -0.0220. The van der Waals surface area contributed by atoms with Crippen LogP contribution in [0.25, 0.3) is 0 Å². The Bertz CT molecular complexity index is 708. The van der Waals surface area contributed by atoms with E-state index in [1.54, 1.807) is 11.8 Å². The molecule has 0 atom stereocenters. The molecule has 1 aliphatic heterocycles. The van der Waals surface area contributed by atoms with Crippen molar-refractivity contribution in [3.8, 4) is 0 Å². The highest BCUT2D eigenvalue weighted by molar-refractivity contribution is 7.15. The van der Waals surface area contributed by atoms with Gasteiger partial charge in [-0.1, -0.05) is 41.7 Å². The van der Waals surface area contributed by atoms with Crippen molar-refractivity contribution in [2.24, 2.45) is 5.92 Å². The van der Waals surface area contributed by atoms with Gasteiger partial charge in [0.25, 0.3) is 0 Å². The van der Waals surface area contributed by atoms with Crippen molar-refractivity contribution in [2.45, 2.75) is 26.2 Å². The van der Waals surface area contributed by atoms with Crippen LogP contribution >= 0.6 is 11.3 Å². The number of hydrogen-bond acceptors (Lipinski definition) is 5. The van der Waals surface area contributed by atoms with E-state index in [-0.39, 0.29) is 17.7 Å². The Morgan fingerprint density at radius 1 is 1.21 bits per heavy atom. The maximum atomic E-state index is 12.3. The summed E-state index contributed by atoms with van der Waals surface area (Å²) < 4.78 is 0. The Labute approximate surface area is 144 Å². The van der Waals surface area contributed by atoms with Crippen molar-refractivity contribution >= 4 is 28.3 Å². The van der Waals surface area contributed by atoms with Gasteiger partial charge in [0.2, 0.25) is 16.9 Å². The fourth-order valence-electron chi connectivity index (χ4n) is 2.81. The second kappa shape index (κ2) is 7.53. The lowest BCUT2D eigenvalue weighted by molar-refractivity contribution is -0.132. The molecule has 2 heterocycles. The lowest BCUT2D eigenvalue weighted by Crippen LogP contribution is -2.40. The van der Waals surface area contributed by atoms with Crippen molar-refractivity contribution in [1.29, 1.82) is 0 Å². The number of hydrogen-bond donors (Lipinski definition) is 1. The third kappa shape index (κ3) is 4.17. The van der Waals surface area contributed by atoms with Crippen LogP contribution in [0.1, 0.15) is 30.3 Å². The highest BCUT2D eigenvalue weighted by Gasteiger charge is 2.26. The third-order valence-electron chi connectivity index (χ3n) is 4.21. The van der Waals surface area contributed by atoms with Crippen LogP contribution in [0.3, 0.4) is 0 Å². The first-order valence-corrected chi connectivity index (χ1v) is 8.86. The minimum absolute atomic E-state index is 0.0272. The van der Waals surface area contributed by atoms with Crippen molar-refractivity contribution in [1.82, 2.24) is 15.1 Å². The number of piperidine rings is 1. The minimum Gasteiger partial charge on any atom is -0.343 e. The van der Waals surface area contributed by atoms with Gasteiger partial charge in [-0.15, -0.1) is 10.2 Å². The molecule has 1 fully saturated rings. The molecule has 1 aromatic carbocycles. The first-order chi connectivity index (χ1) is 11.6. The Kier molecular flexibility index (Phi) is 5.20. The number of aromatic nitrogens is 2. The summed E-state index contributed by atoms with van der Waals surface area (Å²) in [5.41, 5.74) is 1.17. The van der Waals surface area contributed by atoms with Gasteiger partial charge in [0.1, 0.15) is 5.01 Å². The average Bonchev–Trinajstić information content (AvgIpc) is 3.02. The Morgan fingerprint density at radius 2 is 1.92 bits per heavy atom. The number of likely N-dealkylation sites (tertiary alicyclic amines) is 1. The van der Waals surface area contributed by atoms with Gasteiger partial charge >= 0.3 is 0 Å². The van der Waals surface area contributed by atoms with Crippen LogP contribution < -0.4 is 5.32 Å². The van der Waals surface area contributed by atoms with E-state index in [1.807, 2.05) is 30.3 Å². The molecular weight excluding hydrogens is 324 g/mol. The Morgan fingerprint density at radius 3 is 2.58 bits per heavy atom. The van der Waals surface area contributed by atoms with Gasteiger partial charge < -0.3 is 10.2 Å². The minimum atomic E-state index is -0.0675. The smallest absolute Gasteiger partial charge is 0.229 e. The standard InChI is InChI=1S/C17H20N4O2S/c1-12(22)21-9-7-14(8-10-21)16(23)18-17-20-19-15(24-17)11-13-5-3-2-4-6-13/h2-6,14H,7-11H2,1H3,(H,18,20,23). The third-order valence-corrected chi connectivity index (χ3v) is 5.04. The van der Waals surface area contributed by atoms with Crippen LogP contribution in [0.15, 0.2) is 30.3 Å². The molecule has 7 heteroatoms. The van der Waals surface area contributed by atoms with Crippen molar-refractivity contribution < 1.29 is 9.59 Å². The molecule has 24 heavy (non-hydrogen) atoms. The monoisotopic (exact) mass is 344 g/mol. The SMILES string of the molecule is CC(=O)N1CCC(C(=O)Nc2nnc(Cc3ccccc3)s2)CC1. The molecule has 0 spiro atoms. The first-order valence-electron chi connectivity index (χ1n) is 8.04. The number of nitrogens with zero attached hydrogens (tertiary/aromatic N) is 3. The molecule has 0 aliphatic carbocycles. The van der Waals surface area contributed by atoms with Crippen molar-refractivity contribution in [3.05, 3.63) is 40.9 Å². The molecule has 2 aromatic rings. The predicted molar refractivity (Wildman–Crippen MR) is 92.8 cm³/mol. The van der Waals surface area contributed by atoms with E-state index in [1.165, 1.54) is 16.9 Å². The van der Waals surface area contributed by atoms with E-state index in [4.69, 9.17) is 0 Å². The number of carbonyl (C=O) groups is 2. The molecule has 1 saturated heterocycles. The first kappa shape index (κ1) is 16.6. The topological polar surface area (TPSA) is 75.2 Å². The van der Waals surface area contributed by atoms with Crippen LogP contribution in [0, 0.1) is 5.92 Å². The van der Waals surface area contributed by atoms with Crippen LogP contribution in [0.5, 0.6) is 0 Å². The summed E-state index contributed by atoms with van der Waals surface area (Å²) in [5, 5.41) is 12.5. The molecule has 3 rings (SSSR count). The largest absolute Gasteiger partial charge is 0.343 e. The van der Waals surface area contributed by atoms with E-state index in [0.29, 0.717) is 37.5 Å². The molecule has 2 amide bonds. The summed E-state index contributed by atoms with van der Waals surface area (Å²) in [7, 11) is 0. The molecule has 0 unspecified atom stereocenters. The molecule has 0 saturated carbocycles. The van der Waals surface area contributed by atoms with Gasteiger partial charge in [0, 0.05) is 32.4 Å². The Hall–Kier alpha value is -2.28. The highest BCUT2D eigenvalue weighted by atomic mass is 32.1. The summed E-state index contributed by atoms with van der Waals surface area (Å²) in [6, 6.07) is 10.1. The van der Waals surface area contributed by atoms with Gasteiger partial charge in [0.15, 0.2) is 0 Å². The summed E-state index contributed by atoms with van der Waals surface area (Å²) in [4.78, 5) is 25.4. The van der Waals surface area contributed by atoms with E-state index in [0.717, 1.165) is 5.01 Å². The van der Waals surface area contributed by atoms with Crippen LogP contribution in [0.2, 0.25) is 0 Å². The van der Waals surface area contributed by atoms with Crippen LogP contribution in [-0.2, 0) is 16.0 Å².